The van der Waals surface area contributed by atoms with Gasteiger partial charge in [0.2, 0.25) is 0 Å². The topological polar surface area (TPSA) is 107 Å². The van der Waals surface area contributed by atoms with Gasteiger partial charge >= 0.3 is 6.03 Å². The number of carbonyl (C=O) groups excluding carboxylic acids is 1. The Bertz CT molecular complexity index is 611. The Morgan fingerprint density at radius 2 is 1.53 bits per heavy atom. The van der Waals surface area contributed by atoms with Gasteiger partial charge in [0.15, 0.2) is 0 Å². The van der Waals surface area contributed by atoms with Crippen LogP contribution in [0.25, 0.3) is 0 Å². The molecule has 6 heteroatoms. The van der Waals surface area contributed by atoms with E-state index in [1.807, 2.05) is 0 Å². The molecule has 0 saturated heterocycles. The monoisotopic (exact) mass is 260 g/mol. The van der Waals surface area contributed by atoms with Crippen LogP contribution in [0.15, 0.2) is 42.5 Å². The third-order valence-corrected chi connectivity index (χ3v) is 2.53. The Labute approximate surface area is 108 Å². The Kier molecular flexibility index (Phi) is 3.15. The molecule has 0 radical (unpaired) electrons. The van der Waals surface area contributed by atoms with Crippen molar-refractivity contribution < 1.29 is 20.1 Å². The van der Waals surface area contributed by atoms with Gasteiger partial charge in [-0.1, -0.05) is 0 Å². The third-order valence-electron chi connectivity index (χ3n) is 2.53. The highest BCUT2D eigenvalue weighted by Crippen LogP contribution is 2.35. The maximum Gasteiger partial charge on any atom is 0.324 e. The number of nitrogens with two attached hydrogens (primary N) is 1. The Morgan fingerprint density at radius 1 is 0.947 bits per heavy atom. The van der Waals surface area contributed by atoms with E-state index in [2.05, 4.69) is 0 Å². The summed E-state index contributed by atoms with van der Waals surface area (Å²) in [5.74, 6) is -0.282. The number of anilines is 2. The van der Waals surface area contributed by atoms with E-state index >= 15 is 0 Å². The largest absolute Gasteiger partial charge is 0.508 e. The molecule has 19 heavy (non-hydrogen) atoms. The van der Waals surface area contributed by atoms with Gasteiger partial charge in [0, 0.05) is 6.07 Å². The molecule has 6 nitrogen and oxygen atoms in total. The number of nitrogens with zero attached hydrogens (tertiary/aromatic N) is 1. The highest BCUT2D eigenvalue weighted by Gasteiger charge is 2.19. The van der Waals surface area contributed by atoms with E-state index in [0.717, 1.165) is 4.90 Å². The number of carbonyl (C=O) groups is 1. The predicted molar refractivity (Wildman–Crippen MR) is 69.6 cm³/mol. The number of hydrogen-bond acceptors (Lipinski definition) is 4. The molecule has 0 bridgehead atoms. The SMILES string of the molecule is NC(=O)N(c1ccc(O)cc1)c1cc(O)ccc1O. The number of urea groups is 1. The lowest BCUT2D eigenvalue weighted by Gasteiger charge is -2.21. The van der Waals surface area contributed by atoms with E-state index < -0.39 is 6.03 Å². The van der Waals surface area contributed by atoms with Crippen molar-refractivity contribution in [3.05, 3.63) is 42.5 Å². The number of hydrogen-bond donors (Lipinski definition) is 4. The van der Waals surface area contributed by atoms with E-state index in [9.17, 15) is 20.1 Å². The minimum absolute atomic E-state index is 0.0355. The van der Waals surface area contributed by atoms with Crippen LogP contribution in [-0.2, 0) is 0 Å². The molecule has 0 spiro atoms. The first-order valence-electron chi connectivity index (χ1n) is 5.39. The number of phenolic OH excluding ortho intramolecular Hbond substituents is 3. The van der Waals surface area contributed by atoms with Gasteiger partial charge in [-0.25, -0.2) is 4.79 Å². The summed E-state index contributed by atoms with van der Waals surface area (Å²) in [4.78, 5) is 12.6. The predicted octanol–water partition coefficient (Wildman–Crippen LogP) is 2.02. The van der Waals surface area contributed by atoms with Crippen LogP contribution in [0.3, 0.4) is 0 Å². The van der Waals surface area contributed by atoms with E-state index in [0.29, 0.717) is 5.69 Å². The maximum absolute atomic E-state index is 11.5. The van der Waals surface area contributed by atoms with Crippen molar-refractivity contribution in [2.45, 2.75) is 0 Å². The number of phenols is 3. The van der Waals surface area contributed by atoms with Crippen molar-refractivity contribution in [1.82, 2.24) is 0 Å². The molecule has 0 heterocycles. The summed E-state index contributed by atoms with van der Waals surface area (Å²) in [7, 11) is 0. The zero-order chi connectivity index (χ0) is 14.0. The summed E-state index contributed by atoms with van der Waals surface area (Å²) >= 11 is 0. The molecule has 0 atom stereocenters. The standard InChI is InChI=1S/C13H12N2O4/c14-13(19)15(8-1-3-9(16)4-2-8)11-7-10(17)5-6-12(11)18/h1-7,16-18H,(H2,14,19). The number of amides is 2. The summed E-state index contributed by atoms with van der Waals surface area (Å²) in [5, 5.41) is 28.4. The molecule has 0 saturated carbocycles. The quantitative estimate of drug-likeness (QED) is 0.619. The molecule has 0 aliphatic heterocycles. The van der Waals surface area contributed by atoms with Crippen molar-refractivity contribution >= 4 is 17.4 Å². The van der Waals surface area contributed by atoms with Crippen LogP contribution < -0.4 is 10.6 Å². The van der Waals surface area contributed by atoms with Gasteiger partial charge in [-0.2, -0.15) is 0 Å². The number of benzene rings is 2. The van der Waals surface area contributed by atoms with Crippen LogP contribution in [0, 0.1) is 0 Å². The minimum atomic E-state index is -0.827. The van der Waals surface area contributed by atoms with Crippen molar-refractivity contribution in [1.29, 1.82) is 0 Å². The number of rotatable bonds is 2. The number of aromatic hydroxyl groups is 3. The second kappa shape index (κ2) is 4.77. The first kappa shape index (κ1) is 12.6. The van der Waals surface area contributed by atoms with Gasteiger partial charge in [-0.05, 0) is 36.4 Å². The molecule has 5 N–H and O–H groups in total. The summed E-state index contributed by atoms with van der Waals surface area (Å²) in [5.41, 5.74) is 5.70. The zero-order valence-corrected chi connectivity index (χ0v) is 9.82. The average Bonchev–Trinajstić information content (AvgIpc) is 2.36. The molecular formula is C13H12N2O4. The molecule has 2 amide bonds. The molecular weight excluding hydrogens is 248 g/mol. The van der Waals surface area contributed by atoms with E-state index in [1.54, 1.807) is 0 Å². The Hall–Kier alpha value is -2.89. The maximum atomic E-state index is 11.5. The van der Waals surface area contributed by atoms with E-state index in [1.165, 1.54) is 42.5 Å². The summed E-state index contributed by atoms with van der Waals surface area (Å²) in [6, 6.07) is 8.61. The van der Waals surface area contributed by atoms with Crippen molar-refractivity contribution in [2.24, 2.45) is 5.73 Å². The van der Waals surface area contributed by atoms with Gasteiger partial charge in [-0.15, -0.1) is 0 Å². The van der Waals surface area contributed by atoms with Crippen LogP contribution in [0.1, 0.15) is 0 Å². The summed E-state index contributed by atoms with van der Waals surface area (Å²) < 4.78 is 0. The molecule has 0 aliphatic rings. The molecule has 2 rings (SSSR count). The van der Waals surface area contributed by atoms with Gasteiger partial charge in [0.05, 0.1) is 11.4 Å². The summed E-state index contributed by atoms with van der Waals surface area (Å²) in [6.45, 7) is 0. The van der Waals surface area contributed by atoms with Crippen LogP contribution in [0.4, 0.5) is 16.2 Å². The zero-order valence-electron chi connectivity index (χ0n) is 9.82. The second-order valence-corrected chi connectivity index (χ2v) is 3.86. The molecule has 0 fully saturated rings. The highest BCUT2D eigenvalue weighted by atomic mass is 16.3. The summed E-state index contributed by atoms with van der Waals surface area (Å²) in [6.07, 6.45) is 0. The van der Waals surface area contributed by atoms with Crippen molar-refractivity contribution in [3.63, 3.8) is 0 Å². The Balaban J connectivity index is 2.54. The molecule has 98 valence electrons. The second-order valence-electron chi connectivity index (χ2n) is 3.86. The van der Waals surface area contributed by atoms with Crippen LogP contribution >= 0.6 is 0 Å². The lowest BCUT2D eigenvalue weighted by atomic mass is 10.2. The van der Waals surface area contributed by atoms with Crippen molar-refractivity contribution in [3.8, 4) is 17.2 Å². The highest BCUT2D eigenvalue weighted by molar-refractivity contribution is 6.00. The minimum Gasteiger partial charge on any atom is -0.508 e. The fraction of sp³-hybridized carbons (Fsp3) is 0. The lowest BCUT2D eigenvalue weighted by molar-refractivity contribution is 0.256. The molecule has 2 aromatic carbocycles. The van der Waals surface area contributed by atoms with Gasteiger partial charge < -0.3 is 21.1 Å². The van der Waals surface area contributed by atoms with Gasteiger partial charge in [0.25, 0.3) is 0 Å². The fourth-order valence-electron chi connectivity index (χ4n) is 1.68. The van der Waals surface area contributed by atoms with E-state index in [-0.39, 0.29) is 22.9 Å². The molecule has 0 aromatic heterocycles. The van der Waals surface area contributed by atoms with Crippen LogP contribution in [0.2, 0.25) is 0 Å². The third kappa shape index (κ3) is 2.52. The average molecular weight is 260 g/mol. The van der Waals surface area contributed by atoms with Crippen LogP contribution in [0.5, 0.6) is 17.2 Å². The van der Waals surface area contributed by atoms with Crippen LogP contribution in [-0.4, -0.2) is 21.4 Å². The fourth-order valence-corrected chi connectivity index (χ4v) is 1.68. The first-order valence-corrected chi connectivity index (χ1v) is 5.39. The van der Waals surface area contributed by atoms with Gasteiger partial charge in [-0.3, -0.25) is 4.90 Å². The Morgan fingerprint density at radius 3 is 2.11 bits per heavy atom. The molecule has 2 aromatic rings. The first-order chi connectivity index (χ1) is 8.99. The van der Waals surface area contributed by atoms with Crippen molar-refractivity contribution in [2.75, 3.05) is 4.90 Å². The van der Waals surface area contributed by atoms with Gasteiger partial charge in [0.1, 0.15) is 17.2 Å². The smallest absolute Gasteiger partial charge is 0.324 e. The van der Waals surface area contributed by atoms with E-state index in [4.69, 9.17) is 5.73 Å². The molecule has 0 aliphatic carbocycles. The molecule has 0 unspecified atom stereocenters. The number of primary amides is 1. The lowest BCUT2D eigenvalue weighted by Crippen LogP contribution is -2.31. The normalized spacial score (nSPS) is 10.1.